The van der Waals surface area contributed by atoms with Gasteiger partial charge in [-0.1, -0.05) is 13.8 Å². The van der Waals surface area contributed by atoms with E-state index < -0.39 is 0 Å². The van der Waals surface area contributed by atoms with Crippen molar-refractivity contribution < 1.29 is 9.59 Å². The minimum Gasteiger partial charge on any atom is -0.332 e. The highest BCUT2D eigenvalue weighted by molar-refractivity contribution is 5.88. The van der Waals surface area contributed by atoms with Gasteiger partial charge in [0.15, 0.2) is 5.78 Å². The smallest absolute Gasteiger partial charge is 0.225 e. The van der Waals surface area contributed by atoms with Crippen LogP contribution in [-0.2, 0) is 9.59 Å². The van der Waals surface area contributed by atoms with E-state index in [-0.39, 0.29) is 23.7 Å². The largest absolute Gasteiger partial charge is 0.332 e. The SMILES string of the molecule is CC(=O)C1CCCCN1C(=O)C(C)C. The molecule has 0 aliphatic carbocycles. The van der Waals surface area contributed by atoms with E-state index >= 15 is 0 Å². The van der Waals surface area contributed by atoms with Crippen LogP contribution in [0, 0.1) is 5.92 Å². The summed E-state index contributed by atoms with van der Waals surface area (Å²) in [7, 11) is 0. The number of amides is 1. The third-order valence-corrected chi connectivity index (χ3v) is 2.75. The van der Waals surface area contributed by atoms with Crippen LogP contribution in [0.15, 0.2) is 0 Å². The number of nitrogens with zero attached hydrogens (tertiary/aromatic N) is 1. The highest BCUT2D eigenvalue weighted by Crippen LogP contribution is 2.19. The lowest BCUT2D eigenvalue weighted by molar-refractivity contribution is -0.143. The quantitative estimate of drug-likeness (QED) is 0.674. The average Bonchev–Trinajstić information content (AvgIpc) is 2.16. The molecule has 1 unspecified atom stereocenters. The van der Waals surface area contributed by atoms with Gasteiger partial charge in [0.1, 0.15) is 0 Å². The van der Waals surface area contributed by atoms with Gasteiger partial charge >= 0.3 is 0 Å². The van der Waals surface area contributed by atoms with Gasteiger partial charge in [-0.3, -0.25) is 9.59 Å². The van der Waals surface area contributed by atoms with Gasteiger partial charge in [0.25, 0.3) is 0 Å². The number of ketones is 1. The van der Waals surface area contributed by atoms with Gasteiger partial charge < -0.3 is 4.90 Å². The summed E-state index contributed by atoms with van der Waals surface area (Å²) < 4.78 is 0. The summed E-state index contributed by atoms with van der Waals surface area (Å²) in [5.74, 6) is 0.235. The number of carbonyl (C=O) groups excluding carboxylic acids is 2. The summed E-state index contributed by atoms with van der Waals surface area (Å²) >= 11 is 0. The van der Waals surface area contributed by atoms with Gasteiger partial charge in [-0.25, -0.2) is 0 Å². The number of hydrogen-bond donors (Lipinski definition) is 0. The van der Waals surface area contributed by atoms with E-state index in [1.807, 2.05) is 13.8 Å². The van der Waals surface area contributed by atoms with E-state index in [0.29, 0.717) is 0 Å². The van der Waals surface area contributed by atoms with E-state index in [9.17, 15) is 9.59 Å². The second kappa shape index (κ2) is 4.58. The number of rotatable bonds is 2. The van der Waals surface area contributed by atoms with Crippen molar-refractivity contribution in [1.29, 1.82) is 0 Å². The molecule has 3 nitrogen and oxygen atoms in total. The molecule has 0 bridgehead atoms. The molecule has 1 aliphatic heterocycles. The minimum atomic E-state index is -0.154. The monoisotopic (exact) mass is 197 g/mol. The molecule has 1 aliphatic rings. The van der Waals surface area contributed by atoms with E-state index in [1.165, 1.54) is 0 Å². The van der Waals surface area contributed by atoms with Gasteiger partial charge in [0, 0.05) is 12.5 Å². The zero-order valence-corrected chi connectivity index (χ0v) is 9.25. The fourth-order valence-electron chi connectivity index (χ4n) is 1.95. The molecular weight excluding hydrogens is 178 g/mol. The van der Waals surface area contributed by atoms with Gasteiger partial charge in [0.2, 0.25) is 5.91 Å². The van der Waals surface area contributed by atoms with Crippen LogP contribution < -0.4 is 0 Å². The van der Waals surface area contributed by atoms with Crippen LogP contribution >= 0.6 is 0 Å². The molecule has 3 heteroatoms. The van der Waals surface area contributed by atoms with Crippen molar-refractivity contribution in [2.45, 2.75) is 46.1 Å². The van der Waals surface area contributed by atoms with Crippen molar-refractivity contribution >= 4 is 11.7 Å². The molecule has 0 radical (unpaired) electrons. The lowest BCUT2D eigenvalue weighted by Gasteiger charge is -2.35. The maximum absolute atomic E-state index is 11.8. The van der Waals surface area contributed by atoms with Gasteiger partial charge in [-0.05, 0) is 26.2 Å². The normalized spacial score (nSPS) is 22.6. The second-order valence-corrected chi connectivity index (χ2v) is 4.31. The summed E-state index contributed by atoms with van der Waals surface area (Å²) in [6, 6.07) is -0.154. The van der Waals surface area contributed by atoms with Crippen LogP contribution in [0.3, 0.4) is 0 Å². The maximum atomic E-state index is 11.8. The van der Waals surface area contributed by atoms with Gasteiger partial charge in [-0.2, -0.15) is 0 Å². The molecule has 0 aromatic carbocycles. The summed E-state index contributed by atoms with van der Waals surface area (Å²) in [5.41, 5.74) is 0. The van der Waals surface area contributed by atoms with E-state index in [2.05, 4.69) is 0 Å². The number of Topliss-reactive ketones (excluding diaryl/α,β-unsaturated/α-hetero) is 1. The Morgan fingerprint density at radius 1 is 1.29 bits per heavy atom. The van der Waals surface area contributed by atoms with Crippen LogP contribution in [-0.4, -0.2) is 29.2 Å². The summed E-state index contributed by atoms with van der Waals surface area (Å²) in [4.78, 5) is 24.9. The zero-order valence-electron chi connectivity index (χ0n) is 9.25. The fourth-order valence-corrected chi connectivity index (χ4v) is 1.95. The van der Waals surface area contributed by atoms with Crippen molar-refractivity contribution in [3.05, 3.63) is 0 Å². The molecule has 80 valence electrons. The molecule has 0 saturated carbocycles. The molecular formula is C11H19NO2. The van der Waals surface area contributed by atoms with Crippen molar-refractivity contribution in [3.8, 4) is 0 Å². The Kier molecular flexibility index (Phi) is 3.67. The lowest BCUT2D eigenvalue weighted by Crippen LogP contribution is -2.48. The van der Waals surface area contributed by atoms with Crippen LogP contribution in [0.5, 0.6) is 0 Å². The molecule has 1 saturated heterocycles. The molecule has 1 fully saturated rings. The molecule has 14 heavy (non-hydrogen) atoms. The first kappa shape index (κ1) is 11.2. The molecule has 1 atom stereocenters. The lowest BCUT2D eigenvalue weighted by atomic mass is 9.97. The molecule has 1 rings (SSSR count). The van der Waals surface area contributed by atoms with Crippen molar-refractivity contribution in [3.63, 3.8) is 0 Å². The predicted molar refractivity (Wildman–Crippen MR) is 54.9 cm³/mol. The molecule has 1 amide bonds. The van der Waals surface area contributed by atoms with Crippen molar-refractivity contribution in [2.24, 2.45) is 5.92 Å². The minimum absolute atomic E-state index is 0.00468. The van der Waals surface area contributed by atoms with E-state index in [1.54, 1.807) is 11.8 Å². The van der Waals surface area contributed by atoms with E-state index in [4.69, 9.17) is 0 Å². The maximum Gasteiger partial charge on any atom is 0.225 e. The third kappa shape index (κ3) is 2.34. The number of carbonyl (C=O) groups is 2. The Morgan fingerprint density at radius 2 is 1.93 bits per heavy atom. The molecule has 0 spiro atoms. The molecule has 0 N–H and O–H groups in total. The number of likely N-dealkylation sites (tertiary alicyclic amines) is 1. The average molecular weight is 197 g/mol. The number of piperidine rings is 1. The van der Waals surface area contributed by atoms with Crippen molar-refractivity contribution in [2.75, 3.05) is 6.54 Å². The van der Waals surface area contributed by atoms with Crippen LogP contribution in [0.4, 0.5) is 0 Å². The zero-order chi connectivity index (χ0) is 10.7. The highest BCUT2D eigenvalue weighted by atomic mass is 16.2. The van der Waals surface area contributed by atoms with Gasteiger partial charge in [-0.15, -0.1) is 0 Å². The van der Waals surface area contributed by atoms with Crippen LogP contribution in [0.1, 0.15) is 40.0 Å². The number of hydrogen-bond acceptors (Lipinski definition) is 2. The molecule has 1 heterocycles. The van der Waals surface area contributed by atoms with Crippen LogP contribution in [0.25, 0.3) is 0 Å². The Hall–Kier alpha value is -0.860. The topological polar surface area (TPSA) is 37.4 Å². The van der Waals surface area contributed by atoms with Crippen molar-refractivity contribution in [1.82, 2.24) is 4.90 Å². The Morgan fingerprint density at radius 3 is 2.43 bits per heavy atom. The Labute approximate surface area is 85.5 Å². The second-order valence-electron chi connectivity index (χ2n) is 4.31. The summed E-state index contributed by atoms with van der Waals surface area (Å²) in [6.07, 6.45) is 2.93. The standard InChI is InChI=1S/C11H19NO2/c1-8(2)11(14)12-7-5-4-6-10(12)9(3)13/h8,10H,4-7H2,1-3H3. The highest BCUT2D eigenvalue weighted by Gasteiger charge is 2.30. The first-order valence-corrected chi connectivity index (χ1v) is 5.35. The van der Waals surface area contributed by atoms with E-state index in [0.717, 1.165) is 25.8 Å². The Balaban J connectivity index is 2.72. The van der Waals surface area contributed by atoms with Crippen LogP contribution in [0.2, 0.25) is 0 Å². The summed E-state index contributed by atoms with van der Waals surface area (Å²) in [6.45, 7) is 6.10. The summed E-state index contributed by atoms with van der Waals surface area (Å²) in [5, 5.41) is 0. The third-order valence-electron chi connectivity index (χ3n) is 2.75. The first-order valence-electron chi connectivity index (χ1n) is 5.35. The molecule has 0 aromatic rings. The Bertz CT molecular complexity index is 235. The first-order chi connectivity index (χ1) is 6.54. The molecule has 0 aromatic heterocycles. The van der Waals surface area contributed by atoms with Gasteiger partial charge in [0.05, 0.1) is 6.04 Å². The fraction of sp³-hybridized carbons (Fsp3) is 0.818. The predicted octanol–water partition coefficient (Wildman–Crippen LogP) is 1.61.